The lowest BCUT2D eigenvalue weighted by Crippen LogP contribution is -2.60. The molecule has 1 aromatic rings. The predicted molar refractivity (Wildman–Crippen MR) is 70.5 cm³/mol. The molecule has 3 aliphatic rings. The number of aromatic nitrogens is 1. The number of likely N-dealkylation sites (N-methyl/N-ethyl adjacent to an activating group) is 1. The van der Waals surface area contributed by atoms with Gasteiger partial charge < -0.3 is 9.05 Å². The minimum absolute atomic E-state index is 0.205. The Morgan fingerprint density at radius 3 is 3.17 bits per heavy atom. The third kappa shape index (κ3) is 1.31. The molecule has 0 saturated carbocycles. The Bertz CT molecular complexity index is 550. The first kappa shape index (κ1) is 10.8. The van der Waals surface area contributed by atoms with Gasteiger partial charge in [-0.2, -0.15) is 0 Å². The van der Waals surface area contributed by atoms with Crippen molar-refractivity contribution in [3.05, 3.63) is 34.2 Å². The Morgan fingerprint density at radius 1 is 1.39 bits per heavy atom. The van der Waals surface area contributed by atoms with Crippen LogP contribution in [-0.2, 0) is 6.54 Å². The number of hydrogen-bond donors (Lipinski definition) is 0. The first-order valence-corrected chi connectivity index (χ1v) is 7.21. The van der Waals surface area contributed by atoms with Crippen LogP contribution in [0, 0.1) is 5.92 Å². The molecule has 0 N–H and O–H groups in total. The molecule has 4 atom stereocenters. The number of hydrogen-bond acceptors (Lipinski definition) is 1. The van der Waals surface area contributed by atoms with E-state index >= 15 is 0 Å². The van der Waals surface area contributed by atoms with Crippen molar-refractivity contribution in [1.29, 1.82) is 0 Å². The van der Waals surface area contributed by atoms with E-state index in [4.69, 9.17) is 0 Å². The van der Waals surface area contributed by atoms with Gasteiger partial charge in [0.05, 0.1) is 26.2 Å². The third-order valence-electron chi connectivity index (χ3n) is 5.66. The molecule has 4 rings (SSSR count). The van der Waals surface area contributed by atoms with E-state index in [2.05, 4.69) is 17.7 Å². The van der Waals surface area contributed by atoms with Gasteiger partial charge in [0.25, 0.3) is 5.56 Å². The van der Waals surface area contributed by atoms with Gasteiger partial charge in [-0.3, -0.25) is 4.79 Å². The molecule has 3 nitrogen and oxygen atoms in total. The highest BCUT2D eigenvalue weighted by atomic mass is 16.1. The summed E-state index contributed by atoms with van der Waals surface area (Å²) in [5, 5.41) is 0. The zero-order valence-electron chi connectivity index (χ0n) is 11.0. The van der Waals surface area contributed by atoms with Crippen molar-refractivity contribution in [3.8, 4) is 0 Å². The highest BCUT2D eigenvalue weighted by Gasteiger charge is 2.51. The van der Waals surface area contributed by atoms with E-state index in [0.29, 0.717) is 5.92 Å². The Hall–Kier alpha value is -1.09. The molecule has 0 radical (unpaired) electrons. The van der Waals surface area contributed by atoms with Crippen molar-refractivity contribution in [3.63, 3.8) is 0 Å². The van der Waals surface area contributed by atoms with Gasteiger partial charge >= 0.3 is 0 Å². The summed E-state index contributed by atoms with van der Waals surface area (Å²) in [5.41, 5.74) is 1.50. The van der Waals surface area contributed by atoms with Crippen LogP contribution >= 0.6 is 0 Å². The van der Waals surface area contributed by atoms with Gasteiger partial charge in [0.15, 0.2) is 0 Å². The molecule has 0 unspecified atom stereocenters. The number of piperidine rings is 1. The predicted octanol–water partition coefficient (Wildman–Crippen LogP) is 1.57. The Kier molecular flexibility index (Phi) is 2.08. The molecular weight excluding hydrogens is 224 g/mol. The smallest absolute Gasteiger partial charge is 0.250 e. The van der Waals surface area contributed by atoms with Gasteiger partial charge in [-0.15, -0.1) is 0 Å². The number of pyridine rings is 1. The zero-order valence-corrected chi connectivity index (χ0v) is 11.0. The maximum atomic E-state index is 12.0. The van der Waals surface area contributed by atoms with Crippen molar-refractivity contribution in [2.75, 3.05) is 20.1 Å². The van der Waals surface area contributed by atoms with Crippen LogP contribution in [0.5, 0.6) is 0 Å². The van der Waals surface area contributed by atoms with Crippen molar-refractivity contribution >= 4 is 0 Å². The third-order valence-corrected chi connectivity index (χ3v) is 5.66. The van der Waals surface area contributed by atoms with E-state index in [1.54, 1.807) is 6.07 Å². The average molecular weight is 245 g/mol. The molecule has 4 heterocycles. The van der Waals surface area contributed by atoms with Crippen LogP contribution in [0.3, 0.4) is 0 Å². The largest absolute Gasteiger partial charge is 0.323 e. The molecule has 2 bridgehead atoms. The standard InChI is InChI=1S/C15H21N2O/c1-17-7-3-5-14(17)11-8-12(10-17)13-4-2-6-15(18)16(13)9-11/h2,4,6,11-12,14H,3,5,7-10H2,1H3/q+1/t11-,12+,14+,17-/m0/s1. The second-order valence-electron chi connectivity index (χ2n) is 6.69. The van der Waals surface area contributed by atoms with Crippen LogP contribution in [0.1, 0.15) is 30.9 Å². The fraction of sp³-hybridized carbons (Fsp3) is 0.667. The van der Waals surface area contributed by atoms with Crippen molar-refractivity contribution in [1.82, 2.24) is 4.57 Å². The summed E-state index contributed by atoms with van der Waals surface area (Å²) in [7, 11) is 2.44. The summed E-state index contributed by atoms with van der Waals surface area (Å²) >= 11 is 0. The van der Waals surface area contributed by atoms with Gasteiger partial charge in [0.1, 0.15) is 0 Å². The second kappa shape index (κ2) is 3.47. The summed E-state index contributed by atoms with van der Waals surface area (Å²) in [6, 6.07) is 6.63. The molecule has 2 fully saturated rings. The lowest BCUT2D eigenvalue weighted by molar-refractivity contribution is -0.932. The SMILES string of the molecule is C[N@@+]12CCC[C@@H]1[C@H]1C[C@H](C2)c2cccc(=O)n2C1. The minimum Gasteiger partial charge on any atom is -0.323 e. The van der Waals surface area contributed by atoms with Gasteiger partial charge in [-0.1, -0.05) is 6.07 Å². The molecular formula is C15H21N2O+. The molecule has 96 valence electrons. The fourth-order valence-electron chi connectivity index (χ4n) is 4.94. The van der Waals surface area contributed by atoms with E-state index in [0.717, 1.165) is 18.5 Å². The zero-order chi connectivity index (χ0) is 12.3. The topological polar surface area (TPSA) is 22.0 Å². The highest BCUT2D eigenvalue weighted by molar-refractivity contribution is 5.16. The van der Waals surface area contributed by atoms with Gasteiger partial charge in [-0.05, 0) is 12.5 Å². The molecule has 3 heteroatoms. The molecule has 0 aromatic carbocycles. The van der Waals surface area contributed by atoms with Gasteiger partial charge in [-0.25, -0.2) is 0 Å². The normalized spacial score (nSPS) is 41.3. The van der Waals surface area contributed by atoms with Crippen LogP contribution in [0.25, 0.3) is 0 Å². The fourth-order valence-corrected chi connectivity index (χ4v) is 4.94. The van der Waals surface area contributed by atoms with Crippen LogP contribution in [0.4, 0.5) is 0 Å². The van der Waals surface area contributed by atoms with E-state index in [1.807, 2.05) is 6.07 Å². The molecule has 18 heavy (non-hydrogen) atoms. The van der Waals surface area contributed by atoms with Crippen LogP contribution in [-0.4, -0.2) is 35.2 Å². The van der Waals surface area contributed by atoms with E-state index in [-0.39, 0.29) is 5.56 Å². The van der Waals surface area contributed by atoms with Crippen LogP contribution in [0.2, 0.25) is 0 Å². The van der Waals surface area contributed by atoms with Gasteiger partial charge in [0.2, 0.25) is 0 Å². The summed E-state index contributed by atoms with van der Waals surface area (Å²) < 4.78 is 3.32. The number of nitrogens with zero attached hydrogens (tertiary/aromatic N) is 2. The summed E-state index contributed by atoms with van der Waals surface area (Å²) in [5.74, 6) is 1.33. The first-order chi connectivity index (χ1) is 8.67. The van der Waals surface area contributed by atoms with Crippen LogP contribution in [0.15, 0.2) is 23.0 Å². The number of quaternary nitrogens is 1. The van der Waals surface area contributed by atoms with Crippen molar-refractivity contribution in [2.45, 2.75) is 37.8 Å². The van der Waals surface area contributed by atoms with Crippen molar-refractivity contribution in [2.24, 2.45) is 5.92 Å². The van der Waals surface area contributed by atoms with Crippen molar-refractivity contribution < 1.29 is 4.48 Å². The lowest BCUT2D eigenvalue weighted by atomic mass is 9.77. The second-order valence-corrected chi connectivity index (χ2v) is 6.69. The number of rotatable bonds is 0. The van der Waals surface area contributed by atoms with Crippen LogP contribution < -0.4 is 5.56 Å². The van der Waals surface area contributed by atoms with E-state index < -0.39 is 0 Å². The van der Waals surface area contributed by atoms with Gasteiger partial charge in [0, 0.05) is 43.0 Å². The molecule has 0 amide bonds. The maximum absolute atomic E-state index is 12.0. The van der Waals surface area contributed by atoms with E-state index in [1.165, 1.54) is 42.5 Å². The summed E-state index contributed by atoms with van der Waals surface area (Å²) in [6.45, 7) is 3.55. The quantitative estimate of drug-likeness (QED) is 0.636. The molecule has 3 aliphatic heterocycles. The Morgan fingerprint density at radius 2 is 2.28 bits per heavy atom. The summed E-state index contributed by atoms with van der Waals surface area (Å²) in [6.07, 6.45) is 4.04. The molecule has 0 aliphatic carbocycles. The molecule has 0 spiro atoms. The average Bonchev–Trinajstić information content (AvgIpc) is 2.73. The lowest BCUT2D eigenvalue weighted by Gasteiger charge is -2.50. The maximum Gasteiger partial charge on any atom is 0.250 e. The monoisotopic (exact) mass is 245 g/mol. The summed E-state index contributed by atoms with van der Waals surface area (Å²) in [4.78, 5) is 12.0. The minimum atomic E-state index is 0.205. The first-order valence-electron chi connectivity index (χ1n) is 7.21. The molecule has 2 saturated heterocycles. The Labute approximate surface area is 108 Å². The highest BCUT2D eigenvalue weighted by Crippen LogP contribution is 2.45. The van der Waals surface area contributed by atoms with E-state index in [9.17, 15) is 4.79 Å². The molecule has 1 aromatic heterocycles. The number of fused-ring (bicyclic) bond motifs is 6. The Balaban J connectivity index is 1.83.